The van der Waals surface area contributed by atoms with Gasteiger partial charge in [-0.25, -0.2) is 4.98 Å². The minimum atomic E-state index is -0.634. The van der Waals surface area contributed by atoms with Crippen molar-refractivity contribution >= 4 is 28.3 Å². The number of aliphatic hydroxyl groups excluding tert-OH is 1. The molecular weight excluding hydrogens is 390 g/mol. The SMILES string of the molecule is CCOc1cc([C@@H]2CC(=O)N([C@H](C)C(=O)Nc3nc(C)cs3)C2)ccc1C(C)O. The van der Waals surface area contributed by atoms with Crippen LogP contribution >= 0.6 is 11.3 Å². The van der Waals surface area contributed by atoms with Crippen LogP contribution < -0.4 is 10.1 Å². The summed E-state index contributed by atoms with van der Waals surface area (Å²) in [5.74, 6) is 0.316. The van der Waals surface area contributed by atoms with Crippen molar-refractivity contribution in [3.8, 4) is 5.75 Å². The molecular formula is C21H27N3O4S. The number of thiazole rings is 1. The van der Waals surface area contributed by atoms with E-state index in [0.717, 1.165) is 16.8 Å². The summed E-state index contributed by atoms with van der Waals surface area (Å²) < 4.78 is 5.68. The van der Waals surface area contributed by atoms with Gasteiger partial charge in [-0.15, -0.1) is 11.3 Å². The van der Waals surface area contributed by atoms with Crippen molar-refractivity contribution in [3.05, 3.63) is 40.4 Å². The molecule has 3 atom stereocenters. The van der Waals surface area contributed by atoms with Crippen molar-refractivity contribution in [1.29, 1.82) is 0 Å². The number of ether oxygens (including phenoxy) is 1. The maximum Gasteiger partial charge on any atom is 0.248 e. The Bertz CT molecular complexity index is 896. The number of rotatable bonds is 7. The zero-order valence-electron chi connectivity index (χ0n) is 17.1. The number of hydrogen-bond donors (Lipinski definition) is 2. The molecule has 29 heavy (non-hydrogen) atoms. The van der Waals surface area contributed by atoms with Crippen molar-refractivity contribution in [2.75, 3.05) is 18.5 Å². The standard InChI is InChI=1S/C21H27N3O4S/c1-5-28-18-8-15(6-7-17(18)14(4)25)16-9-19(26)24(10-16)13(3)20(27)23-21-22-12(2)11-29-21/h6-8,11,13-14,16,25H,5,9-10H2,1-4H3,(H,22,23,27)/t13-,14?,16-/m1/s1. The third-order valence-corrected chi connectivity index (χ3v) is 5.99. The minimum absolute atomic E-state index is 0.0258. The molecule has 3 rings (SSSR count). The Kier molecular flexibility index (Phi) is 6.54. The predicted molar refractivity (Wildman–Crippen MR) is 112 cm³/mol. The van der Waals surface area contributed by atoms with Gasteiger partial charge >= 0.3 is 0 Å². The molecule has 8 heteroatoms. The number of amides is 2. The first-order valence-electron chi connectivity index (χ1n) is 9.77. The van der Waals surface area contributed by atoms with Gasteiger partial charge in [-0.2, -0.15) is 0 Å². The number of nitrogens with zero attached hydrogens (tertiary/aromatic N) is 2. The van der Waals surface area contributed by atoms with Gasteiger partial charge in [-0.1, -0.05) is 12.1 Å². The molecule has 2 amide bonds. The van der Waals surface area contributed by atoms with Gasteiger partial charge in [0.15, 0.2) is 5.13 Å². The van der Waals surface area contributed by atoms with Crippen LogP contribution in [0.5, 0.6) is 5.75 Å². The largest absolute Gasteiger partial charge is 0.493 e. The third kappa shape index (κ3) is 4.76. The van der Waals surface area contributed by atoms with Gasteiger partial charge in [-0.05, 0) is 39.3 Å². The summed E-state index contributed by atoms with van der Waals surface area (Å²) in [5, 5.41) is 15.1. The van der Waals surface area contributed by atoms with E-state index in [1.165, 1.54) is 11.3 Å². The number of nitrogens with one attached hydrogen (secondary N) is 1. The molecule has 1 unspecified atom stereocenters. The van der Waals surface area contributed by atoms with Crippen LogP contribution in [0, 0.1) is 6.92 Å². The maximum atomic E-state index is 12.6. The first-order valence-corrected chi connectivity index (χ1v) is 10.6. The van der Waals surface area contributed by atoms with E-state index in [0.29, 0.717) is 30.5 Å². The van der Waals surface area contributed by atoms with Gasteiger partial charge in [0, 0.05) is 29.8 Å². The van der Waals surface area contributed by atoms with Crippen molar-refractivity contribution in [3.63, 3.8) is 0 Å². The fourth-order valence-electron chi connectivity index (χ4n) is 3.52. The molecule has 1 saturated heterocycles. The van der Waals surface area contributed by atoms with Gasteiger partial charge < -0.3 is 20.1 Å². The van der Waals surface area contributed by atoms with E-state index < -0.39 is 12.1 Å². The molecule has 156 valence electrons. The van der Waals surface area contributed by atoms with E-state index >= 15 is 0 Å². The predicted octanol–water partition coefficient (Wildman–Crippen LogP) is 3.25. The first kappa shape index (κ1) is 21.3. The number of aryl methyl sites for hydroxylation is 1. The van der Waals surface area contributed by atoms with Crippen LogP contribution in [0.15, 0.2) is 23.6 Å². The highest BCUT2D eigenvalue weighted by molar-refractivity contribution is 7.13. The van der Waals surface area contributed by atoms with E-state index in [-0.39, 0.29) is 17.7 Å². The molecule has 1 aliphatic rings. The molecule has 1 aromatic heterocycles. The number of anilines is 1. The van der Waals surface area contributed by atoms with Gasteiger partial charge in [0.05, 0.1) is 18.4 Å². The van der Waals surface area contributed by atoms with Crippen LogP contribution in [0.25, 0.3) is 0 Å². The van der Waals surface area contributed by atoms with E-state index in [1.54, 1.807) is 18.7 Å². The number of likely N-dealkylation sites (tertiary alicyclic amines) is 1. The van der Waals surface area contributed by atoms with Crippen LogP contribution in [0.3, 0.4) is 0 Å². The Morgan fingerprint density at radius 1 is 1.45 bits per heavy atom. The number of hydrogen-bond acceptors (Lipinski definition) is 6. The van der Waals surface area contributed by atoms with Crippen LogP contribution in [0.1, 0.15) is 56.0 Å². The number of benzene rings is 1. The van der Waals surface area contributed by atoms with E-state index in [9.17, 15) is 14.7 Å². The lowest BCUT2D eigenvalue weighted by molar-refractivity contribution is -0.134. The number of carbonyl (C=O) groups is 2. The molecule has 1 aromatic carbocycles. The molecule has 1 fully saturated rings. The first-order chi connectivity index (χ1) is 13.8. The fourth-order valence-corrected chi connectivity index (χ4v) is 4.21. The summed E-state index contributed by atoms with van der Waals surface area (Å²) in [5.41, 5.74) is 2.54. The Balaban J connectivity index is 1.72. The monoisotopic (exact) mass is 417 g/mol. The lowest BCUT2D eigenvalue weighted by atomic mass is 9.95. The summed E-state index contributed by atoms with van der Waals surface area (Å²) in [6.45, 7) is 8.14. The number of carbonyl (C=O) groups excluding carboxylic acids is 2. The van der Waals surface area contributed by atoms with E-state index in [1.807, 2.05) is 37.4 Å². The Morgan fingerprint density at radius 3 is 2.83 bits per heavy atom. The molecule has 1 aliphatic heterocycles. The van der Waals surface area contributed by atoms with E-state index in [2.05, 4.69) is 10.3 Å². The maximum absolute atomic E-state index is 12.6. The highest BCUT2D eigenvalue weighted by atomic mass is 32.1. The van der Waals surface area contributed by atoms with Crippen molar-refractivity contribution in [1.82, 2.24) is 9.88 Å². The van der Waals surface area contributed by atoms with Gasteiger partial charge in [-0.3, -0.25) is 9.59 Å². The molecule has 7 nitrogen and oxygen atoms in total. The zero-order chi connectivity index (χ0) is 21.1. The Hall–Kier alpha value is -2.45. The average molecular weight is 418 g/mol. The second-order valence-electron chi connectivity index (χ2n) is 7.31. The fraction of sp³-hybridized carbons (Fsp3) is 0.476. The quantitative estimate of drug-likeness (QED) is 0.722. The molecule has 2 heterocycles. The summed E-state index contributed by atoms with van der Waals surface area (Å²) in [7, 11) is 0. The highest BCUT2D eigenvalue weighted by Gasteiger charge is 2.36. The molecule has 0 aliphatic carbocycles. The zero-order valence-corrected chi connectivity index (χ0v) is 18.0. The molecule has 2 aromatic rings. The summed E-state index contributed by atoms with van der Waals surface area (Å²) in [4.78, 5) is 31.0. The lowest BCUT2D eigenvalue weighted by Crippen LogP contribution is -2.42. The minimum Gasteiger partial charge on any atom is -0.493 e. The van der Waals surface area contributed by atoms with Crippen LogP contribution in [-0.4, -0.2) is 46.0 Å². The summed E-state index contributed by atoms with van der Waals surface area (Å²) in [6.07, 6.45) is -0.293. The Morgan fingerprint density at radius 2 is 2.21 bits per heavy atom. The average Bonchev–Trinajstić information content (AvgIpc) is 3.26. The second-order valence-corrected chi connectivity index (χ2v) is 8.17. The summed E-state index contributed by atoms with van der Waals surface area (Å²) in [6, 6.07) is 5.09. The summed E-state index contributed by atoms with van der Waals surface area (Å²) >= 11 is 1.36. The van der Waals surface area contributed by atoms with Gasteiger partial charge in [0.2, 0.25) is 11.8 Å². The molecule has 0 bridgehead atoms. The third-order valence-electron chi connectivity index (χ3n) is 5.11. The smallest absolute Gasteiger partial charge is 0.248 e. The topological polar surface area (TPSA) is 91.8 Å². The molecule has 0 spiro atoms. The van der Waals surface area contributed by atoms with Gasteiger partial charge in [0.25, 0.3) is 0 Å². The van der Waals surface area contributed by atoms with E-state index in [4.69, 9.17) is 4.74 Å². The Labute approximate surface area is 174 Å². The van der Waals surface area contributed by atoms with Crippen LogP contribution in [0.2, 0.25) is 0 Å². The molecule has 0 saturated carbocycles. The van der Waals surface area contributed by atoms with Crippen molar-refractivity contribution < 1.29 is 19.4 Å². The highest BCUT2D eigenvalue weighted by Crippen LogP contribution is 2.34. The van der Waals surface area contributed by atoms with Crippen molar-refractivity contribution in [2.45, 2.75) is 52.2 Å². The number of aromatic nitrogens is 1. The molecule has 0 radical (unpaired) electrons. The second kappa shape index (κ2) is 8.92. The number of aliphatic hydroxyl groups is 1. The van der Waals surface area contributed by atoms with Crippen molar-refractivity contribution in [2.24, 2.45) is 0 Å². The lowest BCUT2D eigenvalue weighted by Gasteiger charge is -2.24. The van der Waals surface area contributed by atoms with Crippen LogP contribution in [-0.2, 0) is 9.59 Å². The molecule has 2 N–H and O–H groups in total. The van der Waals surface area contributed by atoms with Crippen LogP contribution in [0.4, 0.5) is 5.13 Å². The van der Waals surface area contributed by atoms with Gasteiger partial charge in [0.1, 0.15) is 11.8 Å². The normalized spacial score (nSPS) is 18.6.